The van der Waals surface area contributed by atoms with Gasteiger partial charge in [-0.25, -0.2) is 4.79 Å². The van der Waals surface area contributed by atoms with E-state index in [9.17, 15) is 14.4 Å². The third-order valence-corrected chi connectivity index (χ3v) is 4.58. The molecule has 2 atom stereocenters. The van der Waals surface area contributed by atoms with E-state index >= 15 is 0 Å². The Hall–Kier alpha value is -2.80. The summed E-state index contributed by atoms with van der Waals surface area (Å²) in [5.74, 6) is -0.754. The Kier molecular flexibility index (Phi) is 8.55. The fraction of sp³-hybridized carbons (Fsp3) is 0.286. The minimum Gasteiger partial charge on any atom is -0.451 e. The van der Waals surface area contributed by atoms with E-state index in [0.717, 1.165) is 0 Å². The molecule has 0 aliphatic rings. The van der Waals surface area contributed by atoms with Gasteiger partial charge < -0.3 is 15.4 Å². The zero-order chi connectivity index (χ0) is 20.4. The number of thioether (sulfide) groups is 1. The Labute approximate surface area is 169 Å². The van der Waals surface area contributed by atoms with Crippen LogP contribution in [-0.2, 0) is 14.3 Å². The van der Waals surface area contributed by atoms with Gasteiger partial charge in [-0.05, 0) is 49.6 Å². The summed E-state index contributed by atoms with van der Waals surface area (Å²) in [4.78, 5) is 37.2. The van der Waals surface area contributed by atoms with Gasteiger partial charge in [-0.15, -0.1) is 0 Å². The molecule has 7 heteroatoms. The van der Waals surface area contributed by atoms with Crippen molar-refractivity contribution >= 4 is 35.2 Å². The van der Waals surface area contributed by atoms with Gasteiger partial charge >= 0.3 is 5.97 Å². The normalized spacial score (nSPS) is 12.5. The lowest BCUT2D eigenvalue weighted by atomic mass is 10.1. The van der Waals surface area contributed by atoms with Crippen molar-refractivity contribution in [2.24, 2.45) is 0 Å². The van der Waals surface area contributed by atoms with Gasteiger partial charge in [0.05, 0.1) is 0 Å². The van der Waals surface area contributed by atoms with E-state index in [1.807, 2.05) is 18.4 Å². The second-order valence-electron chi connectivity index (χ2n) is 6.11. The molecule has 148 valence electrons. The van der Waals surface area contributed by atoms with Gasteiger partial charge in [0, 0.05) is 11.3 Å². The minimum atomic E-state index is -0.988. The van der Waals surface area contributed by atoms with Crippen LogP contribution in [0.1, 0.15) is 23.7 Å². The maximum Gasteiger partial charge on any atom is 0.329 e. The number of esters is 1. The number of nitrogens with one attached hydrogen (secondary N) is 2. The van der Waals surface area contributed by atoms with Crippen molar-refractivity contribution in [1.29, 1.82) is 0 Å². The summed E-state index contributed by atoms with van der Waals surface area (Å²) < 4.78 is 5.31. The van der Waals surface area contributed by atoms with Crippen LogP contribution in [0.5, 0.6) is 0 Å². The van der Waals surface area contributed by atoms with E-state index in [0.29, 0.717) is 23.4 Å². The van der Waals surface area contributed by atoms with Crippen LogP contribution in [0.2, 0.25) is 0 Å². The van der Waals surface area contributed by atoms with Crippen LogP contribution in [0.3, 0.4) is 0 Å². The summed E-state index contributed by atoms with van der Waals surface area (Å²) in [6.45, 7) is 1.50. The van der Waals surface area contributed by atoms with Crippen molar-refractivity contribution in [2.45, 2.75) is 25.5 Å². The molecule has 2 aromatic rings. The molecule has 0 bridgehead atoms. The fourth-order valence-electron chi connectivity index (χ4n) is 2.39. The summed E-state index contributed by atoms with van der Waals surface area (Å²) in [6.07, 6.45) is 1.33. The van der Waals surface area contributed by atoms with E-state index in [4.69, 9.17) is 4.74 Å². The molecule has 0 unspecified atom stereocenters. The molecule has 2 aromatic carbocycles. The molecule has 28 heavy (non-hydrogen) atoms. The average molecular weight is 401 g/mol. The van der Waals surface area contributed by atoms with Gasteiger partial charge in [0.15, 0.2) is 6.10 Å². The minimum absolute atomic E-state index is 0.356. The van der Waals surface area contributed by atoms with Gasteiger partial charge in [0.25, 0.3) is 11.8 Å². The van der Waals surface area contributed by atoms with Crippen LogP contribution in [0.4, 0.5) is 5.69 Å². The van der Waals surface area contributed by atoms with Gasteiger partial charge in [-0.2, -0.15) is 11.8 Å². The second kappa shape index (κ2) is 11.1. The molecule has 0 aliphatic heterocycles. The lowest BCUT2D eigenvalue weighted by Gasteiger charge is -2.20. The first-order valence-corrected chi connectivity index (χ1v) is 10.3. The second-order valence-corrected chi connectivity index (χ2v) is 7.09. The van der Waals surface area contributed by atoms with Crippen molar-refractivity contribution in [3.8, 4) is 0 Å². The molecular weight excluding hydrogens is 376 g/mol. The molecule has 0 fully saturated rings. The number of amides is 2. The standard InChI is InChI=1S/C21H24N2O4S/c1-15(19(24)22-17-11-7-4-8-12-17)27-21(26)18(13-14-28-2)23-20(25)16-9-5-3-6-10-16/h3-12,15,18H,13-14H2,1-2H3,(H,22,24)(H,23,25)/t15-,18+/m1/s1. The molecule has 0 saturated heterocycles. The van der Waals surface area contributed by atoms with Crippen molar-refractivity contribution in [3.05, 3.63) is 66.2 Å². The molecule has 0 saturated carbocycles. The molecule has 0 radical (unpaired) electrons. The van der Waals surface area contributed by atoms with Crippen LogP contribution < -0.4 is 10.6 Å². The van der Waals surface area contributed by atoms with E-state index in [2.05, 4.69) is 10.6 Å². The maximum absolute atomic E-state index is 12.6. The lowest BCUT2D eigenvalue weighted by Crippen LogP contribution is -2.44. The molecule has 2 N–H and O–H groups in total. The first kappa shape index (κ1) is 21.5. The average Bonchev–Trinajstić information content (AvgIpc) is 2.72. The number of hydrogen-bond acceptors (Lipinski definition) is 5. The molecule has 0 aromatic heterocycles. The molecular formula is C21H24N2O4S. The van der Waals surface area contributed by atoms with E-state index < -0.39 is 24.0 Å². The van der Waals surface area contributed by atoms with Gasteiger partial charge in [0.2, 0.25) is 0 Å². The largest absolute Gasteiger partial charge is 0.451 e. The van der Waals surface area contributed by atoms with Crippen LogP contribution in [0.15, 0.2) is 60.7 Å². The quantitative estimate of drug-likeness (QED) is 0.632. The number of ether oxygens (including phenoxy) is 1. The Bertz CT molecular complexity index is 784. The fourth-order valence-corrected chi connectivity index (χ4v) is 2.86. The summed E-state index contributed by atoms with van der Waals surface area (Å²) in [5.41, 5.74) is 1.08. The van der Waals surface area contributed by atoms with Crippen LogP contribution in [0, 0.1) is 0 Å². The summed E-state index contributed by atoms with van der Waals surface area (Å²) >= 11 is 1.56. The third-order valence-electron chi connectivity index (χ3n) is 3.94. The molecule has 0 heterocycles. The molecule has 0 aliphatic carbocycles. The monoisotopic (exact) mass is 400 g/mol. The summed E-state index contributed by atoms with van der Waals surface area (Å²) in [5, 5.41) is 5.39. The number of hydrogen-bond donors (Lipinski definition) is 2. The number of carbonyl (C=O) groups excluding carboxylic acids is 3. The maximum atomic E-state index is 12.6. The number of carbonyl (C=O) groups is 3. The highest BCUT2D eigenvalue weighted by atomic mass is 32.2. The van der Waals surface area contributed by atoms with Crippen molar-refractivity contribution in [3.63, 3.8) is 0 Å². The van der Waals surface area contributed by atoms with Gasteiger partial charge in [-0.1, -0.05) is 36.4 Å². The predicted octanol–water partition coefficient (Wildman–Crippen LogP) is 3.11. The number of rotatable bonds is 9. The van der Waals surface area contributed by atoms with Crippen molar-refractivity contribution in [2.75, 3.05) is 17.3 Å². The number of anilines is 1. The van der Waals surface area contributed by atoms with Gasteiger partial charge in [0.1, 0.15) is 6.04 Å². The smallest absolute Gasteiger partial charge is 0.329 e. The summed E-state index contributed by atoms with van der Waals surface area (Å²) in [6, 6.07) is 16.7. The highest BCUT2D eigenvalue weighted by Crippen LogP contribution is 2.09. The third kappa shape index (κ3) is 6.74. The topological polar surface area (TPSA) is 84.5 Å². The Morgan fingerprint density at radius 3 is 2.21 bits per heavy atom. The Morgan fingerprint density at radius 1 is 1.00 bits per heavy atom. The zero-order valence-electron chi connectivity index (χ0n) is 15.9. The van der Waals surface area contributed by atoms with E-state index in [1.165, 1.54) is 6.92 Å². The lowest BCUT2D eigenvalue weighted by molar-refractivity contribution is -0.155. The van der Waals surface area contributed by atoms with Crippen LogP contribution in [0.25, 0.3) is 0 Å². The van der Waals surface area contributed by atoms with Crippen molar-refractivity contribution < 1.29 is 19.1 Å². The van der Waals surface area contributed by atoms with Gasteiger partial charge in [-0.3, -0.25) is 9.59 Å². The van der Waals surface area contributed by atoms with Crippen LogP contribution >= 0.6 is 11.8 Å². The number of benzene rings is 2. The van der Waals surface area contributed by atoms with Crippen LogP contribution in [-0.4, -0.2) is 41.9 Å². The highest BCUT2D eigenvalue weighted by Gasteiger charge is 2.26. The Balaban J connectivity index is 1.97. The molecule has 2 amide bonds. The predicted molar refractivity (Wildman–Crippen MR) is 111 cm³/mol. The summed E-state index contributed by atoms with van der Waals surface area (Å²) in [7, 11) is 0. The van der Waals surface area contributed by atoms with Crippen molar-refractivity contribution in [1.82, 2.24) is 5.32 Å². The Morgan fingerprint density at radius 2 is 1.61 bits per heavy atom. The first-order chi connectivity index (χ1) is 13.5. The SMILES string of the molecule is CSCC[C@H](NC(=O)c1ccccc1)C(=O)O[C@H](C)C(=O)Nc1ccccc1. The first-order valence-electron chi connectivity index (χ1n) is 8.92. The zero-order valence-corrected chi connectivity index (χ0v) is 16.7. The van der Waals surface area contributed by atoms with E-state index in [1.54, 1.807) is 60.3 Å². The van der Waals surface area contributed by atoms with E-state index in [-0.39, 0.29) is 5.91 Å². The number of para-hydroxylation sites is 1. The molecule has 0 spiro atoms. The highest BCUT2D eigenvalue weighted by molar-refractivity contribution is 7.98. The molecule has 6 nitrogen and oxygen atoms in total. The molecule has 2 rings (SSSR count).